The van der Waals surface area contributed by atoms with Crippen LogP contribution in [-0.4, -0.2) is 20.3 Å². The highest BCUT2D eigenvalue weighted by atomic mass is 79.9. The van der Waals surface area contributed by atoms with Gasteiger partial charge in [0.2, 0.25) is 0 Å². The van der Waals surface area contributed by atoms with Crippen molar-refractivity contribution < 1.29 is 8.42 Å². The number of rotatable bonds is 4. The van der Waals surface area contributed by atoms with Crippen LogP contribution in [0.1, 0.15) is 19.3 Å². The van der Waals surface area contributed by atoms with Crippen LogP contribution in [-0.2, 0) is 10.0 Å². The van der Waals surface area contributed by atoms with Crippen LogP contribution in [0.4, 0.5) is 0 Å². The molecule has 0 aliphatic heterocycles. The van der Waals surface area contributed by atoms with Crippen molar-refractivity contribution in [1.82, 2.24) is 4.72 Å². The van der Waals surface area contributed by atoms with E-state index in [1.54, 1.807) is 11.4 Å². The first-order valence-corrected chi connectivity index (χ1v) is 8.96. The summed E-state index contributed by atoms with van der Waals surface area (Å²) in [6.07, 6.45) is 3.07. The molecule has 2 atom stereocenters. The SMILES string of the molecule is O=S(=O)(NCC1CCCC1Cl)c1sccc1Br. The van der Waals surface area contributed by atoms with E-state index in [1.165, 1.54) is 11.3 Å². The summed E-state index contributed by atoms with van der Waals surface area (Å²) in [5.41, 5.74) is 0. The van der Waals surface area contributed by atoms with Gasteiger partial charge in [0.05, 0.1) is 0 Å². The van der Waals surface area contributed by atoms with E-state index in [9.17, 15) is 8.42 Å². The number of sulfonamides is 1. The van der Waals surface area contributed by atoms with E-state index < -0.39 is 10.0 Å². The summed E-state index contributed by atoms with van der Waals surface area (Å²) in [5.74, 6) is 0.255. The van der Waals surface area contributed by atoms with Gasteiger partial charge < -0.3 is 0 Å². The third kappa shape index (κ3) is 3.23. The summed E-state index contributed by atoms with van der Waals surface area (Å²) >= 11 is 10.6. The van der Waals surface area contributed by atoms with E-state index in [0.29, 0.717) is 15.2 Å². The van der Waals surface area contributed by atoms with Gasteiger partial charge in [-0.1, -0.05) is 6.42 Å². The molecule has 1 saturated carbocycles. The molecule has 1 aliphatic rings. The van der Waals surface area contributed by atoms with Gasteiger partial charge >= 0.3 is 0 Å². The van der Waals surface area contributed by atoms with Gasteiger partial charge in [-0.3, -0.25) is 0 Å². The molecule has 17 heavy (non-hydrogen) atoms. The highest BCUT2D eigenvalue weighted by Gasteiger charge is 2.27. The molecule has 1 N–H and O–H groups in total. The Morgan fingerprint density at radius 2 is 2.29 bits per heavy atom. The summed E-state index contributed by atoms with van der Waals surface area (Å²) in [6.45, 7) is 0.431. The maximum atomic E-state index is 12.0. The van der Waals surface area contributed by atoms with Gasteiger partial charge in [0, 0.05) is 16.4 Å². The molecule has 1 fully saturated rings. The normalized spacial score (nSPS) is 25.3. The molecule has 2 unspecified atom stereocenters. The molecule has 0 aromatic carbocycles. The molecule has 1 aliphatic carbocycles. The maximum Gasteiger partial charge on any atom is 0.251 e. The maximum absolute atomic E-state index is 12.0. The van der Waals surface area contributed by atoms with Crippen molar-refractivity contribution in [3.8, 4) is 0 Å². The second-order valence-corrected chi connectivity index (χ2v) is 8.41. The molecule has 0 spiro atoms. The Kier molecular flexibility index (Phi) is 4.52. The average molecular weight is 359 g/mol. The summed E-state index contributed by atoms with van der Waals surface area (Å²) < 4.78 is 27.6. The molecule has 0 saturated heterocycles. The lowest BCUT2D eigenvalue weighted by Crippen LogP contribution is -2.30. The Bertz CT molecular complexity index is 488. The molecule has 1 aromatic rings. The Morgan fingerprint density at radius 3 is 2.82 bits per heavy atom. The minimum Gasteiger partial charge on any atom is -0.210 e. The molecule has 7 heteroatoms. The highest BCUT2D eigenvalue weighted by molar-refractivity contribution is 9.10. The van der Waals surface area contributed by atoms with Gasteiger partial charge in [-0.25, -0.2) is 13.1 Å². The fourth-order valence-electron chi connectivity index (χ4n) is 1.98. The van der Waals surface area contributed by atoms with Crippen molar-refractivity contribution in [2.75, 3.05) is 6.54 Å². The zero-order valence-electron chi connectivity index (χ0n) is 9.03. The lowest BCUT2D eigenvalue weighted by molar-refractivity contribution is 0.524. The van der Waals surface area contributed by atoms with Crippen molar-refractivity contribution in [3.63, 3.8) is 0 Å². The van der Waals surface area contributed by atoms with Crippen LogP contribution >= 0.6 is 38.9 Å². The summed E-state index contributed by atoms with van der Waals surface area (Å²) in [6, 6.07) is 1.74. The summed E-state index contributed by atoms with van der Waals surface area (Å²) in [4.78, 5) is 0. The van der Waals surface area contributed by atoms with E-state index >= 15 is 0 Å². The second kappa shape index (κ2) is 5.57. The zero-order valence-corrected chi connectivity index (χ0v) is 13.0. The number of hydrogen-bond donors (Lipinski definition) is 1. The van der Waals surface area contributed by atoms with Gasteiger partial charge in [0.15, 0.2) is 0 Å². The molecule has 0 radical (unpaired) electrons. The van der Waals surface area contributed by atoms with Gasteiger partial charge in [-0.15, -0.1) is 22.9 Å². The van der Waals surface area contributed by atoms with Crippen molar-refractivity contribution in [1.29, 1.82) is 0 Å². The van der Waals surface area contributed by atoms with Crippen molar-refractivity contribution in [2.24, 2.45) is 5.92 Å². The van der Waals surface area contributed by atoms with Crippen molar-refractivity contribution >= 4 is 48.9 Å². The predicted octanol–water partition coefficient (Wildman–Crippen LogP) is 3.20. The van der Waals surface area contributed by atoms with Crippen LogP contribution in [0, 0.1) is 5.92 Å². The van der Waals surface area contributed by atoms with Gasteiger partial charge in [0.1, 0.15) is 4.21 Å². The first-order chi connectivity index (χ1) is 8.00. The van der Waals surface area contributed by atoms with Gasteiger partial charge in [-0.2, -0.15) is 0 Å². The van der Waals surface area contributed by atoms with E-state index in [4.69, 9.17) is 11.6 Å². The van der Waals surface area contributed by atoms with Crippen LogP contribution in [0.25, 0.3) is 0 Å². The number of alkyl halides is 1. The smallest absolute Gasteiger partial charge is 0.210 e. The lowest BCUT2D eigenvalue weighted by Gasteiger charge is -2.14. The standard InChI is InChI=1S/C10H13BrClNO2S2/c11-8-4-5-16-10(8)17(14,15)13-6-7-2-1-3-9(7)12/h4-5,7,9,13H,1-3,6H2. The first-order valence-electron chi connectivity index (χ1n) is 5.37. The largest absolute Gasteiger partial charge is 0.251 e. The third-order valence-corrected chi connectivity index (χ3v) is 7.60. The van der Waals surface area contributed by atoms with Crippen LogP contribution in [0.5, 0.6) is 0 Å². The van der Waals surface area contributed by atoms with Crippen LogP contribution in [0.3, 0.4) is 0 Å². The Labute approximate surface area is 119 Å². The Morgan fingerprint density at radius 1 is 1.53 bits per heavy atom. The predicted molar refractivity (Wildman–Crippen MR) is 74.2 cm³/mol. The van der Waals surface area contributed by atoms with Crippen LogP contribution < -0.4 is 4.72 Å². The zero-order chi connectivity index (χ0) is 12.5. The van der Waals surface area contributed by atoms with E-state index in [0.717, 1.165) is 19.3 Å². The van der Waals surface area contributed by atoms with E-state index in [-0.39, 0.29) is 11.3 Å². The Balaban J connectivity index is 2.01. The van der Waals surface area contributed by atoms with Crippen LogP contribution in [0.2, 0.25) is 0 Å². The lowest BCUT2D eigenvalue weighted by atomic mass is 10.1. The number of thiophene rings is 1. The third-order valence-electron chi connectivity index (χ3n) is 2.93. The summed E-state index contributed by atoms with van der Waals surface area (Å²) in [7, 11) is -3.40. The minimum absolute atomic E-state index is 0.101. The molecule has 96 valence electrons. The fraction of sp³-hybridized carbons (Fsp3) is 0.600. The summed E-state index contributed by atoms with van der Waals surface area (Å²) in [5, 5.41) is 1.85. The molecule has 1 aromatic heterocycles. The van der Waals surface area contributed by atoms with Crippen LogP contribution in [0.15, 0.2) is 20.1 Å². The van der Waals surface area contributed by atoms with Crippen molar-refractivity contribution in [2.45, 2.75) is 28.8 Å². The Hall–Kier alpha value is 0.380. The quantitative estimate of drug-likeness (QED) is 0.840. The van der Waals surface area contributed by atoms with Crippen molar-refractivity contribution in [3.05, 3.63) is 15.9 Å². The molecule has 1 heterocycles. The minimum atomic E-state index is -3.40. The topological polar surface area (TPSA) is 46.2 Å². The molecular weight excluding hydrogens is 346 g/mol. The molecular formula is C10H13BrClNO2S2. The molecule has 0 amide bonds. The highest BCUT2D eigenvalue weighted by Crippen LogP contribution is 2.31. The van der Waals surface area contributed by atoms with E-state index in [2.05, 4.69) is 20.7 Å². The van der Waals surface area contributed by atoms with Gasteiger partial charge in [0.25, 0.3) is 10.0 Å². The first kappa shape index (κ1) is 13.8. The monoisotopic (exact) mass is 357 g/mol. The average Bonchev–Trinajstić information content (AvgIpc) is 2.85. The fourth-order valence-corrected chi connectivity index (χ4v) is 5.82. The molecule has 0 bridgehead atoms. The molecule has 3 nitrogen and oxygen atoms in total. The number of nitrogens with one attached hydrogen (secondary N) is 1. The van der Waals surface area contributed by atoms with Gasteiger partial charge in [-0.05, 0) is 46.1 Å². The number of halogens is 2. The second-order valence-electron chi connectivity index (χ2n) is 4.11. The van der Waals surface area contributed by atoms with E-state index in [1.807, 2.05) is 0 Å². The molecule has 2 rings (SSSR count). The number of hydrogen-bond acceptors (Lipinski definition) is 3.